The fourth-order valence-corrected chi connectivity index (χ4v) is 6.45. The number of fused-ring (bicyclic) bond motifs is 1. The number of hydrogen-bond donors (Lipinski definition) is 1. The number of carbonyl (C=O) groups is 2. The van der Waals surface area contributed by atoms with Gasteiger partial charge in [0.15, 0.2) is 17.4 Å². The molecule has 0 aliphatic carbocycles. The second-order valence-corrected chi connectivity index (χ2v) is 11.8. The van der Waals surface area contributed by atoms with Gasteiger partial charge in [0.05, 0.1) is 38.7 Å². The van der Waals surface area contributed by atoms with Gasteiger partial charge < -0.3 is 29.2 Å². The average Bonchev–Trinajstić information content (AvgIpc) is 3.85. The van der Waals surface area contributed by atoms with Crippen LogP contribution in [0.3, 0.4) is 0 Å². The summed E-state index contributed by atoms with van der Waals surface area (Å²) in [5.41, 5.74) is 2.80. The number of aryl methyl sites for hydroxylation is 1. The number of rotatable bonds is 9. The molecule has 252 valence electrons. The van der Waals surface area contributed by atoms with E-state index in [1.165, 1.54) is 6.33 Å². The van der Waals surface area contributed by atoms with E-state index in [1.807, 2.05) is 6.08 Å². The van der Waals surface area contributed by atoms with Crippen LogP contribution in [-0.4, -0.2) is 110 Å². The van der Waals surface area contributed by atoms with Gasteiger partial charge in [0.1, 0.15) is 17.8 Å². The number of amides is 2. The monoisotopic (exact) mass is 666 g/mol. The van der Waals surface area contributed by atoms with Gasteiger partial charge in [-0.25, -0.2) is 14.4 Å². The summed E-state index contributed by atoms with van der Waals surface area (Å²) in [5.74, 6) is 1.01. The minimum absolute atomic E-state index is 0.0530. The number of aromatic amines is 1. The molecule has 2 amide bonds. The van der Waals surface area contributed by atoms with Crippen LogP contribution >= 0.6 is 0 Å². The van der Waals surface area contributed by atoms with Gasteiger partial charge in [-0.2, -0.15) is 0 Å². The van der Waals surface area contributed by atoms with E-state index in [1.54, 1.807) is 77.9 Å². The lowest BCUT2D eigenvalue weighted by Gasteiger charge is -2.35. The van der Waals surface area contributed by atoms with Crippen LogP contribution in [0.1, 0.15) is 28.9 Å². The number of nitrogens with one attached hydrogen (secondary N) is 1. The van der Waals surface area contributed by atoms with Gasteiger partial charge in [0.2, 0.25) is 5.91 Å². The summed E-state index contributed by atoms with van der Waals surface area (Å²) in [6.45, 7) is 3.14. The number of halogens is 1. The quantitative estimate of drug-likeness (QED) is 0.248. The molecule has 6 heterocycles. The van der Waals surface area contributed by atoms with E-state index in [0.29, 0.717) is 90.7 Å². The number of anilines is 1. The van der Waals surface area contributed by atoms with Gasteiger partial charge in [0, 0.05) is 80.8 Å². The number of benzene rings is 1. The van der Waals surface area contributed by atoms with Crippen LogP contribution in [-0.2, 0) is 11.3 Å². The highest BCUT2D eigenvalue weighted by molar-refractivity contribution is 6.05. The molecule has 1 saturated heterocycles. The predicted octanol–water partition coefficient (Wildman–Crippen LogP) is 3.44. The minimum Gasteiger partial charge on any atom is -0.496 e. The Morgan fingerprint density at radius 1 is 0.939 bits per heavy atom. The summed E-state index contributed by atoms with van der Waals surface area (Å²) in [4.78, 5) is 48.4. The van der Waals surface area contributed by atoms with Gasteiger partial charge in [-0.15, -0.1) is 5.10 Å². The second kappa shape index (κ2) is 13.7. The summed E-state index contributed by atoms with van der Waals surface area (Å²) >= 11 is 0. The number of carbonyl (C=O) groups excluding carboxylic acids is 2. The summed E-state index contributed by atoms with van der Waals surface area (Å²) in [6, 6.07) is 5.20. The molecule has 0 radical (unpaired) electrons. The second-order valence-electron chi connectivity index (χ2n) is 11.8. The van der Waals surface area contributed by atoms with Gasteiger partial charge in [-0.3, -0.25) is 19.3 Å². The van der Waals surface area contributed by atoms with Gasteiger partial charge >= 0.3 is 0 Å². The summed E-state index contributed by atoms with van der Waals surface area (Å²) in [7, 11) is 3.14. The zero-order valence-corrected chi connectivity index (χ0v) is 27.2. The molecule has 0 unspecified atom stereocenters. The maximum absolute atomic E-state index is 16.6. The molecule has 2 aliphatic rings. The molecule has 0 spiro atoms. The van der Waals surface area contributed by atoms with E-state index in [4.69, 9.17) is 9.47 Å². The molecule has 7 rings (SSSR count). The lowest BCUT2D eigenvalue weighted by atomic mass is 9.93. The van der Waals surface area contributed by atoms with Crippen LogP contribution in [0.15, 0.2) is 61.6 Å². The highest BCUT2D eigenvalue weighted by Crippen LogP contribution is 2.40. The molecule has 2 aliphatic heterocycles. The number of ether oxygens (including phenoxy) is 2. The van der Waals surface area contributed by atoms with Crippen LogP contribution in [0.2, 0.25) is 0 Å². The van der Waals surface area contributed by atoms with Crippen molar-refractivity contribution < 1.29 is 23.5 Å². The van der Waals surface area contributed by atoms with Crippen molar-refractivity contribution in [2.24, 2.45) is 0 Å². The molecule has 0 saturated carbocycles. The third-order valence-electron chi connectivity index (χ3n) is 9.00. The molecule has 1 fully saturated rings. The van der Waals surface area contributed by atoms with Crippen LogP contribution in [0.25, 0.3) is 27.6 Å². The Morgan fingerprint density at radius 3 is 2.55 bits per heavy atom. The number of pyridine rings is 1. The van der Waals surface area contributed by atoms with Crippen LogP contribution < -0.4 is 14.4 Å². The first-order chi connectivity index (χ1) is 23.9. The molecular formula is C34H35FN10O4. The van der Waals surface area contributed by atoms with E-state index >= 15 is 4.39 Å². The molecule has 0 bridgehead atoms. The zero-order valence-electron chi connectivity index (χ0n) is 27.2. The summed E-state index contributed by atoms with van der Waals surface area (Å²) in [5, 5.41) is 8.25. The normalized spacial score (nSPS) is 15.0. The van der Waals surface area contributed by atoms with Crippen LogP contribution in [0.5, 0.6) is 11.5 Å². The van der Waals surface area contributed by atoms with Crippen molar-refractivity contribution in [3.8, 4) is 22.6 Å². The number of aromatic nitrogens is 7. The minimum atomic E-state index is -0.496. The summed E-state index contributed by atoms with van der Waals surface area (Å²) < 4.78 is 29.3. The Kier molecular flexibility index (Phi) is 8.87. The molecule has 5 aromatic rings. The maximum atomic E-state index is 16.6. The number of piperazine rings is 1. The Morgan fingerprint density at radius 2 is 1.78 bits per heavy atom. The standard InChI is InChI=1S/C34H35FN10O4/c1-48-28-5-7-36-18-26(28)24-16-23(22-4-3-9-44(20-22)30(46)6-10-45-11-8-39-41-45)31(35)32-25(24)17-27(40-32)34(47)43-14-12-42(13-15-43)33-29(49-2)19-37-21-38-33/h4-5,7-8,11,16-19,21,40H,3,6,9-10,12-15,20H2,1-2H3. The molecule has 14 nitrogen and oxygen atoms in total. The highest BCUT2D eigenvalue weighted by Gasteiger charge is 2.29. The van der Waals surface area contributed by atoms with Gasteiger partial charge in [0.25, 0.3) is 5.91 Å². The molecule has 0 atom stereocenters. The van der Waals surface area contributed by atoms with Crippen molar-refractivity contribution in [2.75, 3.05) is 58.4 Å². The number of H-pyrrole nitrogens is 1. The Bertz CT molecular complexity index is 2020. The van der Waals surface area contributed by atoms with E-state index in [-0.39, 0.29) is 36.0 Å². The van der Waals surface area contributed by atoms with E-state index < -0.39 is 5.82 Å². The van der Waals surface area contributed by atoms with E-state index in [0.717, 1.165) is 0 Å². The first-order valence-electron chi connectivity index (χ1n) is 16.0. The highest BCUT2D eigenvalue weighted by atomic mass is 19.1. The van der Waals surface area contributed by atoms with Gasteiger partial charge in [-0.1, -0.05) is 11.3 Å². The van der Waals surface area contributed by atoms with Crippen molar-refractivity contribution in [2.45, 2.75) is 19.4 Å². The molecule has 1 N–H and O–H groups in total. The zero-order chi connectivity index (χ0) is 33.9. The van der Waals surface area contributed by atoms with Gasteiger partial charge in [-0.05, 0) is 35.8 Å². The SMILES string of the molecule is COc1ccncc1-c1cc(C2=CCCN(C(=O)CCn3ccnn3)C2)c(F)c2[nH]c(C(=O)N3CCN(c4ncncc4OC)CC3)cc12. The molecule has 1 aromatic carbocycles. The smallest absolute Gasteiger partial charge is 0.270 e. The van der Waals surface area contributed by atoms with Crippen molar-refractivity contribution in [1.29, 1.82) is 0 Å². The first kappa shape index (κ1) is 31.7. The lowest BCUT2D eigenvalue weighted by molar-refractivity contribution is -0.131. The van der Waals surface area contributed by atoms with Crippen LogP contribution in [0, 0.1) is 5.82 Å². The Hall–Kier alpha value is -5.86. The van der Waals surface area contributed by atoms with Crippen LogP contribution in [0.4, 0.5) is 10.2 Å². The molecule has 49 heavy (non-hydrogen) atoms. The fraction of sp³-hybridized carbons (Fsp3) is 0.324. The third-order valence-corrected chi connectivity index (χ3v) is 9.00. The molecular weight excluding hydrogens is 631 g/mol. The number of nitrogens with zero attached hydrogens (tertiary/aromatic N) is 9. The predicted molar refractivity (Wildman–Crippen MR) is 179 cm³/mol. The van der Waals surface area contributed by atoms with Crippen molar-refractivity contribution in [3.63, 3.8) is 0 Å². The fourth-order valence-electron chi connectivity index (χ4n) is 6.45. The van der Waals surface area contributed by atoms with Crippen molar-refractivity contribution in [1.82, 2.24) is 44.7 Å². The summed E-state index contributed by atoms with van der Waals surface area (Å²) in [6.07, 6.45) is 12.4. The van der Waals surface area contributed by atoms with E-state index in [9.17, 15) is 9.59 Å². The topological polar surface area (TPSA) is 147 Å². The maximum Gasteiger partial charge on any atom is 0.270 e. The largest absolute Gasteiger partial charge is 0.496 e. The lowest BCUT2D eigenvalue weighted by Crippen LogP contribution is -2.49. The Labute approximate surface area is 281 Å². The first-order valence-corrected chi connectivity index (χ1v) is 16.0. The average molecular weight is 667 g/mol. The van der Waals surface area contributed by atoms with E-state index in [2.05, 4.69) is 35.1 Å². The Balaban J connectivity index is 1.19. The number of methoxy groups -OCH3 is 2. The van der Waals surface area contributed by atoms with Crippen molar-refractivity contribution >= 4 is 34.1 Å². The van der Waals surface area contributed by atoms with Crippen molar-refractivity contribution in [3.05, 3.63) is 78.7 Å². The molecule has 15 heteroatoms. The number of hydrogen-bond acceptors (Lipinski definition) is 10. The third kappa shape index (κ3) is 6.26. The molecule has 4 aromatic heterocycles.